The van der Waals surface area contributed by atoms with E-state index in [1.807, 2.05) is 40.9 Å². The van der Waals surface area contributed by atoms with Gasteiger partial charge in [0.25, 0.3) is 0 Å². The van der Waals surface area contributed by atoms with Crippen LogP contribution >= 0.6 is 11.6 Å². The van der Waals surface area contributed by atoms with Gasteiger partial charge in [0.05, 0.1) is 10.7 Å². The van der Waals surface area contributed by atoms with Crippen LogP contribution in [0.5, 0.6) is 0 Å². The van der Waals surface area contributed by atoms with Gasteiger partial charge in [-0.15, -0.1) is 0 Å². The summed E-state index contributed by atoms with van der Waals surface area (Å²) >= 11 is 6.49. The fraction of sp³-hybridized carbons (Fsp3) is 0.348. The summed E-state index contributed by atoms with van der Waals surface area (Å²) in [4.78, 5) is 16.6. The number of anilines is 1. The van der Waals surface area contributed by atoms with E-state index in [2.05, 4.69) is 27.2 Å². The normalized spacial score (nSPS) is 23.5. The lowest BCUT2D eigenvalue weighted by Crippen LogP contribution is -2.44. The Hall–Kier alpha value is -2.90. The highest BCUT2D eigenvalue weighted by Crippen LogP contribution is 2.37. The number of oxazole rings is 1. The van der Waals surface area contributed by atoms with Crippen molar-refractivity contribution in [3.05, 3.63) is 54.0 Å². The quantitative estimate of drug-likeness (QED) is 0.500. The Bertz CT molecular complexity index is 1240. The number of aromatic nitrogens is 4. The lowest BCUT2D eigenvalue weighted by atomic mass is 9.98. The Labute approximate surface area is 185 Å². The summed E-state index contributed by atoms with van der Waals surface area (Å²) in [6.45, 7) is 0. The van der Waals surface area contributed by atoms with Gasteiger partial charge in [-0.1, -0.05) is 29.8 Å². The zero-order valence-electron chi connectivity index (χ0n) is 17.2. The van der Waals surface area contributed by atoms with E-state index in [0.717, 1.165) is 35.5 Å². The molecule has 0 unspecified atom stereocenters. The second-order valence-corrected chi connectivity index (χ2v) is 8.88. The van der Waals surface area contributed by atoms with Crippen LogP contribution in [0.4, 0.5) is 5.95 Å². The zero-order chi connectivity index (χ0) is 20.9. The number of piperidine rings is 1. The van der Waals surface area contributed by atoms with Gasteiger partial charge in [-0.05, 0) is 44.9 Å². The molecule has 31 heavy (non-hydrogen) atoms. The fourth-order valence-electron chi connectivity index (χ4n) is 5.14. The summed E-state index contributed by atoms with van der Waals surface area (Å²) in [5.74, 6) is 1.15. The average molecular weight is 435 g/mol. The molecule has 2 fully saturated rings. The van der Waals surface area contributed by atoms with Gasteiger partial charge < -0.3 is 14.6 Å². The van der Waals surface area contributed by atoms with E-state index in [0.29, 0.717) is 34.9 Å². The van der Waals surface area contributed by atoms with Crippen LogP contribution in [0.15, 0.2) is 53.4 Å². The summed E-state index contributed by atoms with van der Waals surface area (Å²) in [6, 6.07) is 11.3. The van der Waals surface area contributed by atoms with Gasteiger partial charge >= 0.3 is 5.84 Å². The topological polar surface area (TPSA) is 71.5 Å². The Morgan fingerprint density at radius 2 is 1.90 bits per heavy atom. The van der Waals surface area contributed by atoms with Crippen molar-refractivity contribution in [3.8, 4) is 22.6 Å². The third-order valence-corrected chi connectivity index (χ3v) is 7.05. The minimum atomic E-state index is 0.395. The van der Waals surface area contributed by atoms with Crippen LogP contribution in [0.1, 0.15) is 25.7 Å². The summed E-state index contributed by atoms with van der Waals surface area (Å²) in [7, 11) is 2.25. The van der Waals surface area contributed by atoms with Crippen molar-refractivity contribution in [3.63, 3.8) is 0 Å². The van der Waals surface area contributed by atoms with Gasteiger partial charge in [0.1, 0.15) is 17.7 Å². The second kappa shape index (κ2) is 7.35. The molecule has 7 nitrogen and oxygen atoms in total. The van der Waals surface area contributed by atoms with Crippen molar-refractivity contribution in [2.75, 3.05) is 12.4 Å². The molecule has 1 aromatic carbocycles. The first kappa shape index (κ1) is 18.8. The molecule has 0 radical (unpaired) electrons. The summed E-state index contributed by atoms with van der Waals surface area (Å²) in [5, 5.41) is 4.23. The largest absolute Gasteiger partial charge is 0.432 e. The second-order valence-electron chi connectivity index (χ2n) is 8.47. The molecule has 2 aliphatic rings. The van der Waals surface area contributed by atoms with Gasteiger partial charge in [0.15, 0.2) is 0 Å². The van der Waals surface area contributed by atoms with Crippen molar-refractivity contribution in [1.29, 1.82) is 0 Å². The van der Waals surface area contributed by atoms with Crippen molar-refractivity contribution >= 4 is 23.4 Å². The standard InChI is InChI=1S/C23H23ClN6O/c1-29-15-6-7-16(29)13-14(12-15)26-22-25-9-8-19(27-22)21-20(17-4-2-3-5-18(17)24)28-23-30(21)10-11-31-23/h2-5,8-11,14-16H,6-7,12-13H2,1H3,(H,25,26,27)/t14-,15+,16-. The molecule has 2 saturated heterocycles. The first-order chi connectivity index (χ1) is 15.2. The smallest absolute Gasteiger partial charge is 0.306 e. The van der Waals surface area contributed by atoms with Crippen molar-refractivity contribution in [1.82, 2.24) is 24.3 Å². The molecule has 3 atom stereocenters. The maximum absolute atomic E-state index is 6.49. The van der Waals surface area contributed by atoms with Crippen LogP contribution < -0.4 is 5.32 Å². The van der Waals surface area contributed by atoms with Gasteiger partial charge in [0, 0.05) is 36.1 Å². The number of nitrogens with zero attached hydrogens (tertiary/aromatic N) is 5. The van der Waals surface area contributed by atoms with Gasteiger partial charge in [-0.2, -0.15) is 4.98 Å². The van der Waals surface area contributed by atoms with E-state index >= 15 is 0 Å². The Morgan fingerprint density at radius 1 is 1.10 bits per heavy atom. The minimum Gasteiger partial charge on any atom is -0.432 e. The number of rotatable bonds is 4. The van der Waals surface area contributed by atoms with Gasteiger partial charge in [-0.3, -0.25) is 4.40 Å². The third kappa shape index (κ3) is 3.20. The lowest BCUT2D eigenvalue weighted by Gasteiger charge is -2.36. The van der Waals surface area contributed by atoms with E-state index in [1.54, 1.807) is 12.5 Å². The number of fused-ring (bicyclic) bond motifs is 3. The highest BCUT2D eigenvalue weighted by Gasteiger charge is 2.38. The van der Waals surface area contributed by atoms with Crippen molar-refractivity contribution in [2.24, 2.45) is 0 Å². The SMILES string of the molecule is CN1[C@@H]2CC[C@H]1C[C@@H](Nc1nccc(-c3c(-c4ccccc4Cl)nc4occn34)n1)C2. The average Bonchev–Trinajstić information content (AvgIpc) is 3.40. The molecule has 0 aliphatic carbocycles. The predicted octanol–water partition coefficient (Wildman–Crippen LogP) is 4.74. The number of halogens is 1. The van der Waals surface area contributed by atoms with E-state index in [4.69, 9.17) is 21.0 Å². The predicted molar refractivity (Wildman–Crippen MR) is 120 cm³/mol. The van der Waals surface area contributed by atoms with E-state index in [9.17, 15) is 0 Å². The van der Waals surface area contributed by atoms with E-state index < -0.39 is 0 Å². The van der Waals surface area contributed by atoms with Gasteiger partial charge in [-0.25, -0.2) is 9.97 Å². The number of imidazole rings is 1. The molecule has 1 N–H and O–H groups in total. The molecule has 158 valence electrons. The third-order valence-electron chi connectivity index (χ3n) is 6.72. The van der Waals surface area contributed by atoms with Gasteiger partial charge in [0.2, 0.25) is 5.95 Å². The molecule has 4 aromatic rings. The monoisotopic (exact) mass is 434 g/mol. The summed E-state index contributed by atoms with van der Waals surface area (Å²) < 4.78 is 7.46. The number of hydrogen-bond donors (Lipinski definition) is 1. The Morgan fingerprint density at radius 3 is 2.71 bits per heavy atom. The summed E-state index contributed by atoms with van der Waals surface area (Å²) in [5.41, 5.74) is 3.20. The molecular weight excluding hydrogens is 412 g/mol. The van der Waals surface area contributed by atoms with Crippen LogP contribution in [-0.4, -0.2) is 49.4 Å². The number of hydrogen-bond acceptors (Lipinski definition) is 6. The molecule has 2 bridgehead atoms. The first-order valence-electron chi connectivity index (χ1n) is 10.7. The molecule has 8 heteroatoms. The van der Waals surface area contributed by atoms with Crippen LogP contribution in [0.2, 0.25) is 5.02 Å². The molecule has 0 spiro atoms. The van der Waals surface area contributed by atoms with E-state index in [1.165, 1.54) is 12.8 Å². The van der Waals surface area contributed by atoms with E-state index in [-0.39, 0.29) is 0 Å². The van der Waals surface area contributed by atoms with Crippen LogP contribution in [0.3, 0.4) is 0 Å². The van der Waals surface area contributed by atoms with Crippen LogP contribution in [0.25, 0.3) is 28.5 Å². The maximum Gasteiger partial charge on any atom is 0.306 e. The highest BCUT2D eigenvalue weighted by molar-refractivity contribution is 6.33. The molecular formula is C23H23ClN6O. The molecule has 0 amide bonds. The molecule has 6 rings (SSSR count). The minimum absolute atomic E-state index is 0.395. The lowest BCUT2D eigenvalue weighted by molar-refractivity contribution is 0.168. The Kier molecular flexibility index (Phi) is 4.47. The summed E-state index contributed by atoms with van der Waals surface area (Å²) in [6.07, 6.45) is 10.1. The fourth-order valence-corrected chi connectivity index (χ4v) is 5.37. The van der Waals surface area contributed by atoms with Crippen LogP contribution in [0, 0.1) is 0 Å². The molecule has 2 aliphatic heterocycles. The number of benzene rings is 1. The Balaban J connectivity index is 1.37. The molecule has 3 aromatic heterocycles. The first-order valence-corrected chi connectivity index (χ1v) is 11.1. The molecule has 5 heterocycles. The highest BCUT2D eigenvalue weighted by atomic mass is 35.5. The van der Waals surface area contributed by atoms with Crippen molar-refractivity contribution in [2.45, 2.75) is 43.8 Å². The zero-order valence-corrected chi connectivity index (χ0v) is 18.0. The maximum atomic E-state index is 6.49. The van der Waals surface area contributed by atoms with Crippen LogP contribution in [-0.2, 0) is 0 Å². The molecule has 0 saturated carbocycles. The van der Waals surface area contributed by atoms with Crippen molar-refractivity contribution < 1.29 is 4.42 Å². The number of nitrogens with one attached hydrogen (secondary N) is 1.